The predicted molar refractivity (Wildman–Crippen MR) is 128 cm³/mol. The van der Waals surface area contributed by atoms with Crippen LogP contribution in [0.15, 0.2) is 77.7 Å². The molecule has 1 atom stereocenters. The van der Waals surface area contributed by atoms with Crippen LogP contribution in [-0.4, -0.2) is 34.1 Å². The third kappa shape index (κ3) is 7.03. The van der Waals surface area contributed by atoms with Crippen molar-refractivity contribution in [3.63, 3.8) is 0 Å². The molecule has 0 spiro atoms. The molecule has 9 heteroatoms. The van der Waals surface area contributed by atoms with Gasteiger partial charge in [-0.2, -0.15) is 0 Å². The van der Waals surface area contributed by atoms with Gasteiger partial charge in [0.25, 0.3) is 5.91 Å². The van der Waals surface area contributed by atoms with Crippen LogP contribution >= 0.6 is 11.6 Å². The third-order valence-electron chi connectivity index (χ3n) is 4.63. The van der Waals surface area contributed by atoms with E-state index in [1.54, 1.807) is 43.3 Å². The molecule has 3 rings (SSSR count). The fourth-order valence-corrected chi connectivity index (χ4v) is 4.41. The Morgan fingerprint density at radius 2 is 1.67 bits per heavy atom. The molecule has 0 aromatic heterocycles. The van der Waals surface area contributed by atoms with Gasteiger partial charge in [0.15, 0.2) is 0 Å². The van der Waals surface area contributed by atoms with Crippen molar-refractivity contribution in [3.05, 3.63) is 88.9 Å². The minimum atomic E-state index is -3.69. The smallest absolute Gasteiger partial charge is 0.259 e. The van der Waals surface area contributed by atoms with E-state index in [1.807, 2.05) is 12.1 Å². The van der Waals surface area contributed by atoms with Gasteiger partial charge in [0.05, 0.1) is 17.1 Å². The number of carbonyl (C=O) groups excluding carboxylic acids is 1. The Morgan fingerprint density at radius 1 is 1.00 bits per heavy atom. The largest absolute Gasteiger partial charge is 0.488 e. The van der Waals surface area contributed by atoms with E-state index in [0.29, 0.717) is 22.0 Å². The van der Waals surface area contributed by atoms with Gasteiger partial charge in [-0.15, -0.1) is 0 Å². The van der Waals surface area contributed by atoms with Gasteiger partial charge < -0.3 is 14.8 Å². The molecule has 7 nitrogen and oxygen atoms in total. The van der Waals surface area contributed by atoms with E-state index in [-0.39, 0.29) is 30.1 Å². The number of rotatable bonds is 10. The first-order valence-corrected chi connectivity index (χ1v) is 12.0. The van der Waals surface area contributed by atoms with Crippen LogP contribution in [0.5, 0.6) is 5.75 Å². The monoisotopic (exact) mass is 488 g/mol. The van der Waals surface area contributed by atoms with E-state index >= 15 is 0 Å². The van der Waals surface area contributed by atoms with Crippen molar-refractivity contribution < 1.29 is 22.7 Å². The number of nitrogens with one attached hydrogen (secondary N) is 2. The fourth-order valence-electron chi connectivity index (χ4n) is 3.05. The molecule has 1 amide bonds. The number of hydrogen-bond acceptors (Lipinski definition) is 5. The molecule has 0 saturated carbocycles. The minimum absolute atomic E-state index is 0.0927. The number of sulfonamides is 1. The standard InChI is InChI=1S/C24H25ClN2O5S/c1-17(15-31-2)27-33(29,30)21-13-11-20(12-14-21)26-24(28)22-5-3-4-6-23(22)32-16-18-7-9-19(25)10-8-18/h3-14,17,27H,15-16H2,1-2H3,(H,26,28). The van der Waals surface area contributed by atoms with Crippen molar-refractivity contribution >= 4 is 33.2 Å². The molecule has 0 bridgehead atoms. The van der Waals surface area contributed by atoms with Gasteiger partial charge in [0.1, 0.15) is 12.4 Å². The zero-order chi connectivity index (χ0) is 23.8. The van der Waals surface area contributed by atoms with Crippen LogP contribution < -0.4 is 14.8 Å². The number of carbonyl (C=O) groups is 1. The highest BCUT2D eigenvalue weighted by Gasteiger charge is 2.18. The van der Waals surface area contributed by atoms with Gasteiger partial charge in [0, 0.05) is 23.9 Å². The summed E-state index contributed by atoms with van der Waals surface area (Å²) < 4.78 is 38.2. The number of benzene rings is 3. The second-order valence-electron chi connectivity index (χ2n) is 7.37. The molecule has 0 saturated heterocycles. The van der Waals surface area contributed by atoms with Gasteiger partial charge in [-0.3, -0.25) is 4.79 Å². The summed E-state index contributed by atoms with van der Waals surface area (Å²) in [5, 5.41) is 3.41. The van der Waals surface area contributed by atoms with Crippen LogP contribution in [0.25, 0.3) is 0 Å². The Bertz CT molecular complexity index is 1180. The average Bonchev–Trinajstić information content (AvgIpc) is 2.79. The van der Waals surface area contributed by atoms with Gasteiger partial charge in [0.2, 0.25) is 10.0 Å². The Balaban J connectivity index is 1.67. The minimum Gasteiger partial charge on any atom is -0.488 e. The molecule has 0 heterocycles. The highest BCUT2D eigenvalue weighted by atomic mass is 35.5. The maximum atomic E-state index is 12.8. The maximum Gasteiger partial charge on any atom is 0.259 e. The van der Waals surface area contributed by atoms with Gasteiger partial charge in [-0.1, -0.05) is 35.9 Å². The number of hydrogen-bond donors (Lipinski definition) is 2. The predicted octanol–water partition coefficient (Wildman–Crippen LogP) is 4.48. The van der Waals surface area contributed by atoms with Gasteiger partial charge in [-0.25, -0.2) is 13.1 Å². The lowest BCUT2D eigenvalue weighted by Gasteiger charge is -2.14. The topological polar surface area (TPSA) is 93.7 Å². The van der Waals surface area contributed by atoms with Crippen molar-refractivity contribution in [3.8, 4) is 5.75 Å². The number of methoxy groups -OCH3 is 1. The molecule has 1 unspecified atom stereocenters. The van der Waals surface area contributed by atoms with Gasteiger partial charge >= 0.3 is 0 Å². The number of amides is 1. The number of anilines is 1. The summed E-state index contributed by atoms with van der Waals surface area (Å²) in [5.41, 5.74) is 1.73. The Hall–Kier alpha value is -2.91. The quantitative estimate of drug-likeness (QED) is 0.438. The number of ether oxygens (including phenoxy) is 2. The molecule has 0 fully saturated rings. The summed E-state index contributed by atoms with van der Waals surface area (Å²) in [6.45, 7) is 2.25. The molecule has 174 valence electrons. The normalized spacial score (nSPS) is 12.2. The Kier molecular flexibility index (Phi) is 8.46. The van der Waals surface area contributed by atoms with E-state index < -0.39 is 10.0 Å². The number of para-hydroxylation sites is 1. The number of halogens is 1. The van der Waals surface area contributed by atoms with E-state index in [9.17, 15) is 13.2 Å². The van der Waals surface area contributed by atoms with Crippen LogP contribution in [0, 0.1) is 0 Å². The zero-order valence-electron chi connectivity index (χ0n) is 18.2. The highest BCUT2D eigenvalue weighted by Crippen LogP contribution is 2.22. The fraction of sp³-hybridized carbons (Fsp3) is 0.208. The lowest BCUT2D eigenvalue weighted by molar-refractivity contribution is 0.102. The lowest BCUT2D eigenvalue weighted by Crippen LogP contribution is -2.35. The molecular formula is C24H25ClN2O5S. The zero-order valence-corrected chi connectivity index (χ0v) is 19.8. The summed E-state index contributed by atoms with van der Waals surface area (Å²) in [7, 11) is -2.19. The molecule has 0 radical (unpaired) electrons. The summed E-state index contributed by atoms with van der Waals surface area (Å²) >= 11 is 5.91. The summed E-state index contributed by atoms with van der Waals surface area (Å²) in [4.78, 5) is 12.9. The first-order valence-electron chi connectivity index (χ1n) is 10.2. The molecule has 33 heavy (non-hydrogen) atoms. The van der Waals surface area contributed by atoms with E-state index in [4.69, 9.17) is 21.1 Å². The summed E-state index contributed by atoms with van der Waals surface area (Å²) in [6.07, 6.45) is 0. The van der Waals surface area contributed by atoms with Crippen LogP contribution in [0.1, 0.15) is 22.8 Å². The molecule has 3 aromatic rings. The van der Waals surface area contributed by atoms with Crippen molar-refractivity contribution in [2.45, 2.75) is 24.5 Å². The second-order valence-corrected chi connectivity index (χ2v) is 9.52. The summed E-state index contributed by atoms with van der Waals surface area (Å²) in [6, 6.07) is 19.7. The molecule has 0 aliphatic carbocycles. The Labute approximate surface area is 198 Å². The third-order valence-corrected chi connectivity index (χ3v) is 6.49. The first kappa shape index (κ1) is 24.7. The van der Waals surface area contributed by atoms with Crippen molar-refractivity contribution in [1.82, 2.24) is 4.72 Å². The first-order chi connectivity index (χ1) is 15.8. The van der Waals surface area contributed by atoms with Crippen molar-refractivity contribution in [1.29, 1.82) is 0 Å². The molecular weight excluding hydrogens is 464 g/mol. The van der Waals surface area contributed by atoms with E-state index in [2.05, 4.69) is 10.0 Å². The average molecular weight is 489 g/mol. The molecule has 2 N–H and O–H groups in total. The van der Waals surface area contributed by atoms with Crippen LogP contribution in [0.3, 0.4) is 0 Å². The van der Waals surface area contributed by atoms with Crippen LogP contribution in [0.2, 0.25) is 5.02 Å². The van der Waals surface area contributed by atoms with E-state index in [0.717, 1.165) is 5.56 Å². The molecule has 0 aliphatic heterocycles. The van der Waals surface area contributed by atoms with E-state index in [1.165, 1.54) is 31.4 Å². The lowest BCUT2D eigenvalue weighted by atomic mass is 10.1. The molecule has 3 aromatic carbocycles. The Morgan fingerprint density at radius 3 is 2.33 bits per heavy atom. The summed E-state index contributed by atoms with van der Waals surface area (Å²) in [5.74, 6) is 0.0598. The van der Waals surface area contributed by atoms with Crippen LogP contribution in [0.4, 0.5) is 5.69 Å². The second kappa shape index (κ2) is 11.3. The van der Waals surface area contributed by atoms with Crippen LogP contribution in [-0.2, 0) is 21.4 Å². The molecule has 0 aliphatic rings. The van der Waals surface area contributed by atoms with Crippen molar-refractivity contribution in [2.75, 3.05) is 19.0 Å². The maximum absolute atomic E-state index is 12.8. The van der Waals surface area contributed by atoms with Crippen molar-refractivity contribution in [2.24, 2.45) is 0 Å². The van der Waals surface area contributed by atoms with Gasteiger partial charge in [-0.05, 0) is 61.0 Å². The SMILES string of the molecule is COCC(C)NS(=O)(=O)c1ccc(NC(=O)c2ccccc2OCc2ccc(Cl)cc2)cc1. The highest BCUT2D eigenvalue weighted by molar-refractivity contribution is 7.89.